The highest BCUT2D eigenvalue weighted by Gasteiger charge is 2.41. The van der Waals surface area contributed by atoms with Gasteiger partial charge in [-0.1, -0.05) is 12.1 Å². The minimum atomic E-state index is -1.08. The SMILES string of the molecule is Cc1cccc(OCC(O)CNc2cc[nH]c(=O)c2-c2nc3cc4c(cc3[nH]2)C(=O)N(C2CCN(C)CC2)C4=O)c1[N+](=O)[O-]. The van der Waals surface area contributed by atoms with E-state index < -0.39 is 16.6 Å². The fraction of sp³-hybridized carbons (Fsp3) is 0.333. The molecule has 0 radical (unpaired) electrons. The van der Waals surface area contributed by atoms with E-state index in [2.05, 4.69) is 25.2 Å². The summed E-state index contributed by atoms with van der Waals surface area (Å²) in [4.78, 5) is 64.3. The van der Waals surface area contributed by atoms with Crippen LogP contribution >= 0.6 is 0 Å². The number of imidazole rings is 1. The second kappa shape index (κ2) is 11.5. The van der Waals surface area contributed by atoms with E-state index in [-0.39, 0.29) is 59.4 Å². The van der Waals surface area contributed by atoms with Gasteiger partial charge >= 0.3 is 5.69 Å². The van der Waals surface area contributed by atoms with E-state index in [1.807, 2.05) is 7.05 Å². The topological polar surface area (TPSA) is 187 Å². The molecule has 4 N–H and O–H groups in total. The molecule has 1 atom stereocenters. The summed E-state index contributed by atoms with van der Waals surface area (Å²) < 4.78 is 5.54. The van der Waals surface area contributed by atoms with Gasteiger partial charge in [0.05, 0.1) is 32.8 Å². The predicted octanol–water partition coefficient (Wildman–Crippen LogP) is 2.68. The van der Waals surface area contributed by atoms with E-state index in [4.69, 9.17) is 4.74 Å². The minimum absolute atomic E-state index is 0.0413. The van der Waals surface area contributed by atoms with Crippen molar-refractivity contribution in [2.24, 2.45) is 0 Å². The molecule has 1 saturated heterocycles. The van der Waals surface area contributed by atoms with Crippen molar-refractivity contribution in [3.8, 4) is 17.1 Å². The normalized spacial score (nSPS) is 16.4. The van der Waals surface area contributed by atoms with Crippen LogP contribution in [-0.2, 0) is 0 Å². The van der Waals surface area contributed by atoms with E-state index in [1.54, 1.807) is 37.3 Å². The monoisotopic (exact) mass is 601 g/mol. The van der Waals surface area contributed by atoms with Gasteiger partial charge in [0.1, 0.15) is 24.1 Å². The standard InChI is InChI=1S/C30H31N7O7/c1-16-4-3-5-24(26(16)37(42)43)44-15-18(38)14-32-21-6-9-31-28(39)25(21)27-33-22-12-19-20(13-23(22)34-27)30(41)36(29(19)40)17-7-10-35(2)11-8-17/h3-6,9,12-13,17-18,38H,7-8,10-11,14-15H2,1-2H3,(H,33,34)(H2,31,32,39). The van der Waals surface area contributed by atoms with Crippen LogP contribution in [0.4, 0.5) is 11.4 Å². The minimum Gasteiger partial charge on any atom is -0.484 e. The maximum atomic E-state index is 13.3. The van der Waals surface area contributed by atoms with Gasteiger partial charge in [0.25, 0.3) is 17.4 Å². The van der Waals surface area contributed by atoms with Gasteiger partial charge in [-0.05, 0) is 64.2 Å². The smallest absolute Gasteiger partial charge is 0.313 e. The average molecular weight is 602 g/mol. The molecule has 4 aromatic rings. The summed E-state index contributed by atoms with van der Waals surface area (Å²) in [7, 11) is 2.02. The van der Waals surface area contributed by atoms with Crippen molar-refractivity contribution < 1.29 is 24.4 Å². The zero-order valence-corrected chi connectivity index (χ0v) is 24.1. The number of rotatable bonds is 9. The number of carbonyl (C=O) groups excluding carboxylic acids is 2. The summed E-state index contributed by atoms with van der Waals surface area (Å²) in [6.07, 6.45) is 1.81. The molecule has 1 unspecified atom stereocenters. The second-order valence-electron chi connectivity index (χ2n) is 11.1. The number of ether oxygens (including phenoxy) is 1. The molecule has 2 aromatic carbocycles. The Labute approximate surface area is 250 Å². The van der Waals surface area contributed by atoms with Gasteiger partial charge in [-0.3, -0.25) is 29.4 Å². The number of aliphatic hydroxyl groups is 1. The molecule has 0 saturated carbocycles. The molecule has 2 aliphatic rings. The third-order valence-corrected chi connectivity index (χ3v) is 8.11. The zero-order chi connectivity index (χ0) is 31.1. The number of anilines is 1. The Balaban J connectivity index is 1.20. The van der Waals surface area contributed by atoms with Crippen molar-refractivity contribution in [2.45, 2.75) is 31.9 Å². The molecule has 4 heterocycles. The van der Waals surface area contributed by atoms with Gasteiger partial charge in [0.2, 0.25) is 0 Å². The molecule has 6 rings (SSSR count). The number of amides is 2. The zero-order valence-electron chi connectivity index (χ0n) is 24.1. The van der Waals surface area contributed by atoms with Gasteiger partial charge in [0.15, 0.2) is 5.75 Å². The number of carbonyl (C=O) groups is 2. The molecule has 0 aliphatic carbocycles. The van der Waals surface area contributed by atoms with Gasteiger partial charge < -0.3 is 30.0 Å². The van der Waals surface area contributed by atoms with E-state index in [9.17, 15) is 29.6 Å². The number of H-pyrrole nitrogens is 2. The number of hydrogen-bond donors (Lipinski definition) is 4. The molecule has 1 fully saturated rings. The van der Waals surface area contributed by atoms with Crippen molar-refractivity contribution in [1.29, 1.82) is 0 Å². The molecule has 44 heavy (non-hydrogen) atoms. The van der Waals surface area contributed by atoms with E-state index in [1.165, 1.54) is 17.2 Å². The lowest BCUT2D eigenvalue weighted by atomic mass is 10.0. The number of piperidine rings is 1. The van der Waals surface area contributed by atoms with E-state index in [0.717, 1.165) is 25.9 Å². The summed E-state index contributed by atoms with van der Waals surface area (Å²) in [5.41, 5.74) is 1.85. The number of likely N-dealkylation sites (tertiary alicyclic amines) is 1. The number of benzene rings is 2. The number of nitro groups is 1. The second-order valence-corrected chi connectivity index (χ2v) is 11.1. The third kappa shape index (κ3) is 5.29. The van der Waals surface area contributed by atoms with Crippen LogP contribution in [0.15, 0.2) is 47.4 Å². The number of nitrogens with one attached hydrogen (secondary N) is 3. The number of imide groups is 1. The van der Waals surface area contributed by atoms with Crippen LogP contribution in [0.5, 0.6) is 5.75 Å². The Bertz CT molecular complexity index is 1790. The number of aryl methyl sites for hydroxylation is 1. The summed E-state index contributed by atoms with van der Waals surface area (Å²) in [5, 5.41) is 25.0. The number of nitro benzene ring substituents is 1. The number of hydrogen-bond acceptors (Lipinski definition) is 10. The summed E-state index contributed by atoms with van der Waals surface area (Å²) in [6, 6.07) is 9.33. The number of para-hydroxylation sites is 1. The first-order valence-electron chi connectivity index (χ1n) is 14.2. The number of fused-ring (bicyclic) bond motifs is 2. The number of pyridine rings is 1. The van der Waals surface area contributed by atoms with Crippen LogP contribution in [0.25, 0.3) is 22.4 Å². The van der Waals surface area contributed by atoms with Crippen LogP contribution in [0.3, 0.4) is 0 Å². The Morgan fingerprint density at radius 3 is 2.61 bits per heavy atom. The number of aliphatic hydroxyl groups excluding tert-OH is 1. The van der Waals surface area contributed by atoms with Crippen LogP contribution in [0.1, 0.15) is 39.1 Å². The van der Waals surface area contributed by atoms with Crippen LogP contribution in [-0.4, -0.2) is 92.0 Å². The van der Waals surface area contributed by atoms with Gasteiger partial charge in [-0.15, -0.1) is 0 Å². The first-order chi connectivity index (χ1) is 21.1. The quantitative estimate of drug-likeness (QED) is 0.126. The maximum absolute atomic E-state index is 13.3. The highest BCUT2D eigenvalue weighted by molar-refractivity contribution is 6.23. The Morgan fingerprint density at radius 2 is 1.89 bits per heavy atom. The number of aromatic amines is 2. The number of nitrogens with zero attached hydrogens (tertiary/aromatic N) is 4. The largest absolute Gasteiger partial charge is 0.484 e. The average Bonchev–Trinajstić information content (AvgIpc) is 3.51. The van der Waals surface area contributed by atoms with Gasteiger partial charge in [-0.2, -0.15) is 0 Å². The molecular weight excluding hydrogens is 570 g/mol. The van der Waals surface area contributed by atoms with Crippen molar-refractivity contribution in [3.05, 3.63) is 79.8 Å². The molecular formula is C30H31N7O7. The van der Waals surface area contributed by atoms with Gasteiger partial charge in [-0.25, -0.2) is 4.98 Å². The third-order valence-electron chi connectivity index (χ3n) is 8.11. The highest BCUT2D eigenvalue weighted by atomic mass is 16.6. The summed E-state index contributed by atoms with van der Waals surface area (Å²) >= 11 is 0. The first kappa shape index (κ1) is 29.0. The Hall–Kier alpha value is -5.08. The van der Waals surface area contributed by atoms with Crippen LogP contribution < -0.4 is 15.6 Å². The molecule has 14 heteroatoms. The maximum Gasteiger partial charge on any atom is 0.313 e. The molecule has 2 aliphatic heterocycles. The lowest BCUT2D eigenvalue weighted by Gasteiger charge is -2.33. The number of aromatic nitrogens is 3. The molecule has 228 valence electrons. The lowest BCUT2D eigenvalue weighted by molar-refractivity contribution is -0.386. The highest BCUT2D eigenvalue weighted by Crippen LogP contribution is 2.33. The van der Waals surface area contributed by atoms with Crippen molar-refractivity contribution in [2.75, 3.05) is 38.6 Å². The van der Waals surface area contributed by atoms with Crippen molar-refractivity contribution in [3.63, 3.8) is 0 Å². The molecule has 14 nitrogen and oxygen atoms in total. The molecule has 2 amide bonds. The molecule has 2 aromatic heterocycles. The first-order valence-corrected chi connectivity index (χ1v) is 14.2. The van der Waals surface area contributed by atoms with Crippen molar-refractivity contribution in [1.82, 2.24) is 24.8 Å². The Morgan fingerprint density at radius 1 is 1.16 bits per heavy atom. The van der Waals surface area contributed by atoms with E-state index >= 15 is 0 Å². The molecule has 0 bridgehead atoms. The predicted molar refractivity (Wildman–Crippen MR) is 161 cm³/mol. The summed E-state index contributed by atoms with van der Waals surface area (Å²) in [6.45, 7) is 2.95. The van der Waals surface area contributed by atoms with Gasteiger partial charge in [0, 0.05) is 24.3 Å². The Kier molecular flexibility index (Phi) is 7.61. The van der Waals surface area contributed by atoms with E-state index in [0.29, 0.717) is 27.8 Å². The van der Waals surface area contributed by atoms with Crippen LogP contribution in [0, 0.1) is 17.0 Å². The van der Waals surface area contributed by atoms with Crippen molar-refractivity contribution >= 4 is 34.2 Å². The molecule has 0 spiro atoms. The fourth-order valence-corrected chi connectivity index (χ4v) is 5.78. The fourth-order valence-electron chi connectivity index (χ4n) is 5.78. The summed E-state index contributed by atoms with van der Waals surface area (Å²) in [5.74, 6) is -0.407. The van der Waals surface area contributed by atoms with Crippen LogP contribution in [0.2, 0.25) is 0 Å². The lowest BCUT2D eigenvalue weighted by Crippen LogP contribution is -2.46.